The molecule has 1 heterocycles. The van der Waals surface area contributed by atoms with Crippen molar-refractivity contribution < 1.29 is 14.6 Å². The van der Waals surface area contributed by atoms with Gasteiger partial charge in [-0.05, 0) is 26.0 Å². The van der Waals surface area contributed by atoms with Gasteiger partial charge in [-0.15, -0.1) is 11.3 Å². The first-order chi connectivity index (χ1) is 7.63. The maximum Gasteiger partial charge on any atom is 0.345 e. The lowest BCUT2D eigenvalue weighted by Crippen LogP contribution is -2.26. The van der Waals surface area contributed by atoms with Crippen LogP contribution in [0.25, 0.3) is 0 Å². The number of carboxylic acids is 1. The SMILES string of the molecule is CCOC(C)CNCc1ccc(C(=O)O)s1. The molecular weight excluding hydrogens is 226 g/mol. The summed E-state index contributed by atoms with van der Waals surface area (Å²) in [4.78, 5) is 12.1. The van der Waals surface area contributed by atoms with Crippen molar-refractivity contribution in [3.8, 4) is 0 Å². The van der Waals surface area contributed by atoms with Crippen molar-refractivity contribution in [2.75, 3.05) is 13.2 Å². The molecule has 1 rings (SSSR count). The Kier molecular flexibility index (Phi) is 5.45. The van der Waals surface area contributed by atoms with E-state index in [0.29, 0.717) is 18.0 Å². The van der Waals surface area contributed by atoms with Gasteiger partial charge in [0.2, 0.25) is 0 Å². The minimum absolute atomic E-state index is 0.184. The van der Waals surface area contributed by atoms with Gasteiger partial charge in [-0.3, -0.25) is 0 Å². The lowest BCUT2D eigenvalue weighted by molar-refractivity contribution is 0.0701. The molecule has 0 bridgehead atoms. The van der Waals surface area contributed by atoms with E-state index in [1.807, 2.05) is 19.9 Å². The van der Waals surface area contributed by atoms with Gasteiger partial charge >= 0.3 is 5.97 Å². The number of carbonyl (C=O) groups is 1. The van der Waals surface area contributed by atoms with Crippen molar-refractivity contribution in [2.24, 2.45) is 0 Å². The van der Waals surface area contributed by atoms with E-state index in [-0.39, 0.29) is 6.10 Å². The highest BCUT2D eigenvalue weighted by Crippen LogP contribution is 2.15. The normalized spacial score (nSPS) is 12.6. The zero-order valence-electron chi connectivity index (χ0n) is 9.53. The first-order valence-electron chi connectivity index (χ1n) is 5.27. The number of rotatable bonds is 7. The van der Waals surface area contributed by atoms with Crippen LogP contribution in [0.15, 0.2) is 12.1 Å². The monoisotopic (exact) mass is 243 g/mol. The highest BCUT2D eigenvalue weighted by Gasteiger charge is 2.07. The second-order valence-electron chi connectivity index (χ2n) is 3.47. The molecular formula is C11H17NO3S. The zero-order chi connectivity index (χ0) is 12.0. The average Bonchev–Trinajstić information content (AvgIpc) is 2.67. The van der Waals surface area contributed by atoms with E-state index in [9.17, 15) is 4.79 Å². The fourth-order valence-electron chi connectivity index (χ4n) is 1.33. The molecule has 1 aromatic rings. The zero-order valence-corrected chi connectivity index (χ0v) is 10.3. The van der Waals surface area contributed by atoms with E-state index in [1.165, 1.54) is 11.3 Å². The van der Waals surface area contributed by atoms with Gasteiger partial charge in [-0.2, -0.15) is 0 Å². The van der Waals surface area contributed by atoms with E-state index in [4.69, 9.17) is 9.84 Å². The fourth-order valence-corrected chi connectivity index (χ4v) is 2.15. The Hall–Kier alpha value is -0.910. The van der Waals surface area contributed by atoms with Crippen molar-refractivity contribution in [3.05, 3.63) is 21.9 Å². The number of hydrogen-bond donors (Lipinski definition) is 2. The number of hydrogen-bond acceptors (Lipinski definition) is 4. The first-order valence-corrected chi connectivity index (χ1v) is 6.09. The third-order valence-electron chi connectivity index (χ3n) is 2.05. The van der Waals surface area contributed by atoms with Crippen LogP contribution in [-0.4, -0.2) is 30.3 Å². The van der Waals surface area contributed by atoms with Crippen LogP contribution in [0.4, 0.5) is 0 Å². The molecule has 0 spiro atoms. The Bertz CT molecular complexity index is 338. The Labute approximate surface area is 99.2 Å². The van der Waals surface area contributed by atoms with Crippen molar-refractivity contribution in [1.82, 2.24) is 5.32 Å². The highest BCUT2D eigenvalue weighted by atomic mass is 32.1. The Balaban J connectivity index is 2.29. The first kappa shape index (κ1) is 13.2. The van der Waals surface area contributed by atoms with Crippen LogP contribution in [0.2, 0.25) is 0 Å². The smallest absolute Gasteiger partial charge is 0.345 e. The lowest BCUT2D eigenvalue weighted by atomic mass is 10.3. The minimum atomic E-state index is -0.862. The number of aromatic carboxylic acids is 1. The summed E-state index contributed by atoms with van der Waals surface area (Å²) >= 11 is 1.30. The molecule has 16 heavy (non-hydrogen) atoms. The lowest BCUT2D eigenvalue weighted by Gasteiger charge is -2.11. The van der Waals surface area contributed by atoms with Gasteiger partial charge in [-0.1, -0.05) is 0 Å². The summed E-state index contributed by atoms with van der Waals surface area (Å²) in [5.41, 5.74) is 0. The van der Waals surface area contributed by atoms with E-state index in [0.717, 1.165) is 11.4 Å². The van der Waals surface area contributed by atoms with Crippen LogP contribution in [0.1, 0.15) is 28.4 Å². The molecule has 0 radical (unpaired) electrons. The van der Waals surface area contributed by atoms with Crippen LogP contribution in [0.3, 0.4) is 0 Å². The molecule has 4 nitrogen and oxygen atoms in total. The molecule has 0 saturated heterocycles. The number of nitrogens with one attached hydrogen (secondary N) is 1. The van der Waals surface area contributed by atoms with Gasteiger partial charge in [0.25, 0.3) is 0 Å². The van der Waals surface area contributed by atoms with E-state index in [1.54, 1.807) is 6.07 Å². The van der Waals surface area contributed by atoms with Crippen LogP contribution < -0.4 is 5.32 Å². The molecule has 0 aliphatic heterocycles. The molecule has 0 aromatic carbocycles. The maximum absolute atomic E-state index is 10.7. The summed E-state index contributed by atoms with van der Waals surface area (Å²) in [5, 5.41) is 12.0. The number of thiophene rings is 1. The van der Waals surface area contributed by atoms with Crippen molar-refractivity contribution >= 4 is 17.3 Å². The predicted molar refractivity (Wildman–Crippen MR) is 64.1 cm³/mol. The highest BCUT2D eigenvalue weighted by molar-refractivity contribution is 7.13. The van der Waals surface area contributed by atoms with Crippen LogP contribution in [0, 0.1) is 0 Å². The van der Waals surface area contributed by atoms with E-state index >= 15 is 0 Å². The predicted octanol–water partition coefficient (Wildman–Crippen LogP) is 1.96. The summed E-state index contributed by atoms with van der Waals surface area (Å²) in [5.74, 6) is -0.862. The topological polar surface area (TPSA) is 58.6 Å². The molecule has 0 aliphatic rings. The second kappa shape index (κ2) is 6.62. The number of carboxylic acid groups (broad SMARTS) is 1. The molecule has 1 unspecified atom stereocenters. The maximum atomic E-state index is 10.7. The summed E-state index contributed by atoms with van der Waals surface area (Å²) in [6.07, 6.45) is 0.184. The molecule has 0 amide bonds. The van der Waals surface area contributed by atoms with Crippen LogP contribution >= 0.6 is 11.3 Å². The molecule has 0 aliphatic carbocycles. The Morgan fingerprint density at radius 1 is 1.62 bits per heavy atom. The number of ether oxygens (including phenoxy) is 1. The van der Waals surface area contributed by atoms with Gasteiger partial charge in [0.1, 0.15) is 4.88 Å². The molecule has 0 saturated carbocycles. The van der Waals surface area contributed by atoms with Gasteiger partial charge in [0, 0.05) is 24.6 Å². The summed E-state index contributed by atoms with van der Waals surface area (Å²) in [6.45, 7) is 6.15. The van der Waals surface area contributed by atoms with Gasteiger partial charge < -0.3 is 15.2 Å². The largest absolute Gasteiger partial charge is 0.477 e. The van der Waals surface area contributed by atoms with Crippen molar-refractivity contribution in [3.63, 3.8) is 0 Å². The van der Waals surface area contributed by atoms with Crippen molar-refractivity contribution in [1.29, 1.82) is 0 Å². The fraction of sp³-hybridized carbons (Fsp3) is 0.545. The molecule has 90 valence electrons. The van der Waals surface area contributed by atoms with Crippen LogP contribution in [0.5, 0.6) is 0 Å². The summed E-state index contributed by atoms with van der Waals surface area (Å²) in [7, 11) is 0. The molecule has 5 heteroatoms. The Morgan fingerprint density at radius 3 is 2.94 bits per heavy atom. The van der Waals surface area contributed by atoms with Crippen LogP contribution in [-0.2, 0) is 11.3 Å². The molecule has 1 atom stereocenters. The van der Waals surface area contributed by atoms with Gasteiger partial charge in [-0.25, -0.2) is 4.79 Å². The molecule has 1 aromatic heterocycles. The quantitative estimate of drug-likeness (QED) is 0.768. The third-order valence-corrected chi connectivity index (χ3v) is 3.13. The van der Waals surface area contributed by atoms with E-state index in [2.05, 4.69) is 5.32 Å². The standard InChI is InChI=1S/C11H17NO3S/c1-3-15-8(2)6-12-7-9-4-5-10(16-9)11(13)14/h4-5,8,12H,3,6-7H2,1-2H3,(H,13,14). The average molecular weight is 243 g/mol. The van der Waals surface area contributed by atoms with Crippen molar-refractivity contribution in [2.45, 2.75) is 26.5 Å². The Morgan fingerprint density at radius 2 is 2.38 bits per heavy atom. The molecule has 2 N–H and O–H groups in total. The van der Waals surface area contributed by atoms with Gasteiger partial charge in [0.15, 0.2) is 0 Å². The van der Waals surface area contributed by atoms with Gasteiger partial charge in [0.05, 0.1) is 6.10 Å². The third kappa shape index (κ3) is 4.30. The minimum Gasteiger partial charge on any atom is -0.477 e. The van der Waals surface area contributed by atoms with E-state index < -0.39 is 5.97 Å². The summed E-state index contributed by atoms with van der Waals surface area (Å²) in [6, 6.07) is 3.47. The second-order valence-corrected chi connectivity index (χ2v) is 4.64. The summed E-state index contributed by atoms with van der Waals surface area (Å²) < 4.78 is 5.37. The molecule has 0 fully saturated rings.